The molecule has 1 heterocycles. The molecule has 0 atom stereocenters. The second-order valence-corrected chi connectivity index (χ2v) is 4.70. The predicted molar refractivity (Wildman–Crippen MR) is 84.2 cm³/mol. The summed E-state index contributed by atoms with van der Waals surface area (Å²) in [6.07, 6.45) is 1.68. The maximum Gasteiger partial charge on any atom is 0.149 e. The third kappa shape index (κ3) is 2.50. The zero-order valence-corrected chi connectivity index (χ0v) is 11.9. The quantitative estimate of drug-likeness (QED) is 0.725. The maximum atomic E-state index is 9.49. The molecule has 0 aliphatic heterocycles. The number of imidazole rings is 1. The van der Waals surface area contributed by atoms with Crippen molar-refractivity contribution in [3.63, 3.8) is 0 Å². The van der Waals surface area contributed by atoms with Gasteiger partial charge in [-0.3, -0.25) is 0 Å². The zero-order chi connectivity index (χ0) is 15.5. The lowest BCUT2D eigenvalue weighted by Gasteiger charge is -2.05. The minimum atomic E-state index is 0.108. The van der Waals surface area contributed by atoms with Crippen molar-refractivity contribution in [2.24, 2.45) is 0 Å². The molecule has 2 aromatic carbocycles. The summed E-state index contributed by atoms with van der Waals surface area (Å²) >= 11 is 0. The molecular weight excluding hydrogens is 278 g/mol. The number of H-pyrrole nitrogens is 1. The first-order chi connectivity index (χ1) is 10.7. The molecule has 0 aliphatic carbocycles. The molecule has 22 heavy (non-hydrogen) atoms. The maximum absolute atomic E-state index is 9.49. The molecule has 0 radical (unpaired) electrons. The number of hydrogen-bond acceptors (Lipinski definition) is 4. The number of para-hydroxylation sites is 2. The Morgan fingerprint density at radius 2 is 2.14 bits per heavy atom. The van der Waals surface area contributed by atoms with E-state index in [1.807, 2.05) is 24.3 Å². The first-order valence-electron chi connectivity index (χ1n) is 6.65. The molecule has 0 spiro atoms. The lowest BCUT2D eigenvalue weighted by atomic mass is 10.1. The summed E-state index contributed by atoms with van der Waals surface area (Å²) in [4.78, 5) is 7.54. The highest BCUT2D eigenvalue weighted by molar-refractivity contribution is 5.91. The Bertz CT molecular complexity index is 871. The van der Waals surface area contributed by atoms with Gasteiger partial charge >= 0.3 is 0 Å². The van der Waals surface area contributed by atoms with Crippen molar-refractivity contribution in [1.29, 1.82) is 5.26 Å². The van der Waals surface area contributed by atoms with E-state index in [0.717, 1.165) is 11.0 Å². The van der Waals surface area contributed by atoms with E-state index in [-0.39, 0.29) is 5.75 Å². The molecule has 2 N–H and O–H groups in total. The van der Waals surface area contributed by atoms with Gasteiger partial charge in [-0.2, -0.15) is 5.26 Å². The summed E-state index contributed by atoms with van der Waals surface area (Å²) in [5.41, 5.74) is 2.75. The van der Waals surface area contributed by atoms with Crippen LogP contribution in [-0.4, -0.2) is 22.2 Å². The SMILES string of the molecule is COc1cc(O)ccc1C=C(C#N)c1nc2ccccc2[nH]1. The smallest absolute Gasteiger partial charge is 0.149 e. The van der Waals surface area contributed by atoms with Crippen molar-refractivity contribution < 1.29 is 9.84 Å². The lowest BCUT2D eigenvalue weighted by Crippen LogP contribution is -1.89. The number of fused-ring (bicyclic) bond motifs is 1. The Hall–Kier alpha value is -3.26. The Morgan fingerprint density at radius 3 is 2.86 bits per heavy atom. The van der Waals surface area contributed by atoms with Gasteiger partial charge in [-0.1, -0.05) is 12.1 Å². The number of ether oxygens (including phenoxy) is 1. The molecular formula is C17H13N3O2. The van der Waals surface area contributed by atoms with Crippen LogP contribution in [-0.2, 0) is 0 Å². The molecule has 0 aliphatic rings. The second kappa shape index (κ2) is 5.62. The summed E-state index contributed by atoms with van der Waals surface area (Å²) < 4.78 is 5.22. The molecule has 1 aromatic heterocycles. The molecule has 0 saturated carbocycles. The number of nitriles is 1. The molecule has 3 rings (SSSR count). The molecule has 0 amide bonds. The summed E-state index contributed by atoms with van der Waals surface area (Å²) in [6.45, 7) is 0. The fourth-order valence-corrected chi connectivity index (χ4v) is 2.21. The molecule has 5 nitrogen and oxygen atoms in total. The zero-order valence-electron chi connectivity index (χ0n) is 11.9. The van der Waals surface area contributed by atoms with Gasteiger partial charge in [-0.05, 0) is 30.3 Å². The second-order valence-electron chi connectivity index (χ2n) is 4.70. The van der Waals surface area contributed by atoms with Gasteiger partial charge < -0.3 is 14.8 Å². The summed E-state index contributed by atoms with van der Waals surface area (Å²) in [7, 11) is 1.51. The van der Waals surface area contributed by atoms with Crippen LogP contribution in [0.2, 0.25) is 0 Å². The highest BCUT2D eigenvalue weighted by atomic mass is 16.5. The molecule has 108 valence electrons. The van der Waals surface area contributed by atoms with E-state index >= 15 is 0 Å². The van der Waals surface area contributed by atoms with Crippen LogP contribution in [0.5, 0.6) is 11.5 Å². The first kappa shape index (κ1) is 13.7. The summed E-state index contributed by atoms with van der Waals surface area (Å²) in [5.74, 6) is 1.10. The summed E-state index contributed by atoms with van der Waals surface area (Å²) in [6, 6.07) is 14.5. The average molecular weight is 291 g/mol. The molecule has 0 saturated heterocycles. The van der Waals surface area contributed by atoms with Crippen molar-refractivity contribution in [2.45, 2.75) is 0 Å². The number of allylic oxidation sites excluding steroid dienone is 1. The average Bonchev–Trinajstić information content (AvgIpc) is 2.97. The first-order valence-corrected chi connectivity index (χ1v) is 6.65. The predicted octanol–water partition coefficient (Wildman–Crippen LogP) is 3.34. The van der Waals surface area contributed by atoms with Gasteiger partial charge in [0.15, 0.2) is 0 Å². The fourth-order valence-electron chi connectivity index (χ4n) is 2.21. The van der Waals surface area contributed by atoms with E-state index in [2.05, 4.69) is 16.0 Å². The largest absolute Gasteiger partial charge is 0.508 e. The van der Waals surface area contributed by atoms with E-state index in [4.69, 9.17) is 4.74 Å². The molecule has 0 unspecified atom stereocenters. The van der Waals surface area contributed by atoms with Crippen molar-refractivity contribution in [2.75, 3.05) is 7.11 Å². The van der Waals surface area contributed by atoms with E-state index in [9.17, 15) is 10.4 Å². The number of aromatic hydroxyl groups is 1. The van der Waals surface area contributed by atoms with Gasteiger partial charge in [0.1, 0.15) is 23.4 Å². The number of benzene rings is 2. The van der Waals surface area contributed by atoms with E-state index in [1.165, 1.54) is 13.2 Å². The van der Waals surface area contributed by atoms with Crippen LogP contribution in [0.3, 0.4) is 0 Å². The Morgan fingerprint density at radius 1 is 1.32 bits per heavy atom. The molecule has 5 heteroatoms. The standard InChI is InChI=1S/C17H13N3O2/c1-22-16-9-13(21)7-6-11(16)8-12(10-18)17-19-14-4-2-3-5-15(14)20-17/h2-9,21H,1H3,(H,19,20). The van der Waals surface area contributed by atoms with Crippen molar-refractivity contribution in [1.82, 2.24) is 9.97 Å². The van der Waals surface area contributed by atoms with Gasteiger partial charge in [0.25, 0.3) is 0 Å². The van der Waals surface area contributed by atoms with Crippen LogP contribution in [0.15, 0.2) is 42.5 Å². The van der Waals surface area contributed by atoms with Crippen LogP contribution in [0.1, 0.15) is 11.4 Å². The number of nitrogens with zero attached hydrogens (tertiary/aromatic N) is 2. The number of phenols is 1. The number of nitrogens with one attached hydrogen (secondary N) is 1. The van der Waals surface area contributed by atoms with Crippen LogP contribution >= 0.6 is 0 Å². The van der Waals surface area contributed by atoms with Crippen molar-refractivity contribution in [3.8, 4) is 17.6 Å². The third-order valence-electron chi connectivity index (χ3n) is 3.28. The molecule has 0 bridgehead atoms. The number of rotatable bonds is 3. The van der Waals surface area contributed by atoms with E-state index < -0.39 is 0 Å². The highest BCUT2D eigenvalue weighted by Crippen LogP contribution is 2.27. The summed E-state index contributed by atoms with van der Waals surface area (Å²) in [5, 5.41) is 18.9. The van der Waals surface area contributed by atoms with Gasteiger partial charge in [0.05, 0.1) is 23.7 Å². The highest BCUT2D eigenvalue weighted by Gasteiger charge is 2.09. The van der Waals surface area contributed by atoms with Crippen LogP contribution in [0, 0.1) is 11.3 Å². The number of methoxy groups -OCH3 is 1. The number of aromatic nitrogens is 2. The molecule has 3 aromatic rings. The Balaban J connectivity index is 2.09. The fraction of sp³-hybridized carbons (Fsp3) is 0.0588. The molecule has 0 fully saturated rings. The lowest BCUT2D eigenvalue weighted by molar-refractivity contribution is 0.407. The van der Waals surface area contributed by atoms with Crippen molar-refractivity contribution >= 4 is 22.7 Å². The number of hydrogen-bond donors (Lipinski definition) is 2. The minimum absolute atomic E-state index is 0.108. The van der Waals surface area contributed by atoms with Gasteiger partial charge in [0, 0.05) is 11.6 Å². The number of aromatic amines is 1. The van der Waals surface area contributed by atoms with Gasteiger partial charge in [-0.15, -0.1) is 0 Å². The Kier molecular flexibility index (Phi) is 3.50. The number of phenolic OH excluding ortho intramolecular Hbond substituents is 1. The normalized spacial score (nSPS) is 11.4. The van der Waals surface area contributed by atoms with E-state index in [1.54, 1.807) is 18.2 Å². The van der Waals surface area contributed by atoms with Gasteiger partial charge in [-0.25, -0.2) is 4.98 Å². The Labute approximate surface area is 127 Å². The van der Waals surface area contributed by atoms with Gasteiger partial charge in [0.2, 0.25) is 0 Å². The third-order valence-corrected chi connectivity index (χ3v) is 3.28. The minimum Gasteiger partial charge on any atom is -0.508 e. The van der Waals surface area contributed by atoms with Crippen LogP contribution < -0.4 is 4.74 Å². The van der Waals surface area contributed by atoms with Crippen LogP contribution in [0.4, 0.5) is 0 Å². The topological polar surface area (TPSA) is 81.9 Å². The van der Waals surface area contributed by atoms with Crippen LogP contribution in [0.25, 0.3) is 22.7 Å². The van der Waals surface area contributed by atoms with Crippen molar-refractivity contribution in [3.05, 3.63) is 53.9 Å². The van der Waals surface area contributed by atoms with E-state index in [0.29, 0.717) is 22.7 Å². The monoisotopic (exact) mass is 291 g/mol.